The lowest BCUT2D eigenvalue weighted by atomic mass is 9.89. The molecule has 5 N–H and O–H groups in total. The molecule has 3 aromatic rings. The number of carbonyl (C=O) groups excluding carboxylic acids is 1. The van der Waals surface area contributed by atoms with Crippen molar-refractivity contribution in [2.45, 2.75) is 18.4 Å². The number of nitrogens with zero attached hydrogens (tertiary/aromatic N) is 1. The van der Waals surface area contributed by atoms with Gasteiger partial charge in [-0.15, -0.1) is 0 Å². The molecule has 0 radical (unpaired) electrons. The van der Waals surface area contributed by atoms with Crippen molar-refractivity contribution in [2.75, 3.05) is 5.32 Å². The second kappa shape index (κ2) is 8.96. The standard InChI is InChI=1S/C25H22N4O4/c26-23(27)19-8-4-7-18(13-19)21-14-25(33-29-21,15-22(30)31)24(32)28-20-11-9-17(10-12-20)16-5-2-1-3-6-16/h1-13H,14-15H2,(H3,26,27)(H,28,32)(H,30,31). The number of hydrogen-bond acceptors (Lipinski definition) is 5. The minimum absolute atomic E-state index is 0.0331. The van der Waals surface area contributed by atoms with Crippen molar-refractivity contribution < 1.29 is 19.5 Å². The fourth-order valence-corrected chi connectivity index (χ4v) is 3.66. The Bertz CT molecular complexity index is 1240. The molecule has 0 saturated carbocycles. The van der Waals surface area contributed by atoms with Gasteiger partial charge in [-0.25, -0.2) is 0 Å². The van der Waals surface area contributed by atoms with Crippen LogP contribution in [0.3, 0.4) is 0 Å². The zero-order valence-electron chi connectivity index (χ0n) is 17.6. The van der Waals surface area contributed by atoms with Gasteiger partial charge in [0.2, 0.25) is 5.60 Å². The molecule has 0 saturated heterocycles. The van der Waals surface area contributed by atoms with Crippen LogP contribution in [-0.2, 0) is 14.4 Å². The van der Waals surface area contributed by atoms with Gasteiger partial charge in [0.05, 0.1) is 12.1 Å². The number of anilines is 1. The molecule has 8 nitrogen and oxygen atoms in total. The number of amidine groups is 1. The number of nitrogens with one attached hydrogen (secondary N) is 2. The number of carbonyl (C=O) groups is 2. The lowest BCUT2D eigenvalue weighted by Gasteiger charge is -2.23. The zero-order valence-corrected chi connectivity index (χ0v) is 17.6. The summed E-state index contributed by atoms with van der Waals surface area (Å²) in [6.07, 6.45) is -0.588. The molecule has 1 heterocycles. The number of carboxylic acids is 1. The Kier molecular flexibility index (Phi) is 5.91. The van der Waals surface area contributed by atoms with Crippen LogP contribution in [0.15, 0.2) is 84.0 Å². The summed E-state index contributed by atoms with van der Waals surface area (Å²) in [5.74, 6) is -1.89. The Morgan fingerprint density at radius 2 is 1.67 bits per heavy atom. The third-order valence-electron chi connectivity index (χ3n) is 5.39. The third-order valence-corrected chi connectivity index (χ3v) is 5.39. The van der Waals surface area contributed by atoms with E-state index in [0.29, 0.717) is 22.5 Å². The average molecular weight is 442 g/mol. The molecule has 8 heteroatoms. The summed E-state index contributed by atoms with van der Waals surface area (Å²) in [5.41, 5.74) is 7.92. The van der Waals surface area contributed by atoms with Crippen molar-refractivity contribution in [2.24, 2.45) is 10.9 Å². The zero-order chi connectivity index (χ0) is 23.4. The highest BCUT2D eigenvalue weighted by Crippen LogP contribution is 2.32. The van der Waals surface area contributed by atoms with Crippen LogP contribution in [0, 0.1) is 5.41 Å². The van der Waals surface area contributed by atoms with E-state index in [1.54, 1.807) is 36.4 Å². The predicted octanol–water partition coefficient (Wildman–Crippen LogP) is 3.61. The fraction of sp³-hybridized carbons (Fsp3) is 0.120. The van der Waals surface area contributed by atoms with Gasteiger partial charge >= 0.3 is 5.97 Å². The fourth-order valence-electron chi connectivity index (χ4n) is 3.66. The van der Waals surface area contributed by atoms with Crippen LogP contribution in [0.1, 0.15) is 24.0 Å². The quantitative estimate of drug-likeness (QED) is 0.327. The van der Waals surface area contributed by atoms with Gasteiger partial charge in [-0.1, -0.05) is 65.8 Å². The first-order valence-corrected chi connectivity index (χ1v) is 10.2. The van der Waals surface area contributed by atoms with Gasteiger partial charge in [0.15, 0.2) is 0 Å². The molecule has 33 heavy (non-hydrogen) atoms. The Labute approximate surface area is 190 Å². The van der Waals surface area contributed by atoms with Crippen molar-refractivity contribution in [3.63, 3.8) is 0 Å². The number of aliphatic carboxylic acids is 1. The molecule has 0 spiro atoms. The van der Waals surface area contributed by atoms with E-state index in [1.165, 1.54) is 0 Å². The first kappa shape index (κ1) is 21.8. The molecule has 1 amide bonds. The number of rotatable bonds is 7. The van der Waals surface area contributed by atoms with Crippen molar-refractivity contribution in [1.29, 1.82) is 5.41 Å². The van der Waals surface area contributed by atoms with E-state index in [1.807, 2.05) is 42.5 Å². The Hall–Kier alpha value is -4.46. The summed E-state index contributed by atoms with van der Waals surface area (Å²) in [4.78, 5) is 30.2. The smallest absolute Gasteiger partial charge is 0.308 e. The minimum atomic E-state index is -1.69. The summed E-state index contributed by atoms with van der Waals surface area (Å²) in [6, 6.07) is 23.8. The van der Waals surface area contributed by atoms with Crippen LogP contribution >= 0.6 is 0 Å². The Balaban J connectivity index is 1.53. The first-order valence-electron chi connectivity index (χ1n) is 10.2. The molecule has 1 atom stereocenters. The van der Waals surface area contributed by atoms with Crippen molar-refractivity contribution in [3.8, 4) is 11.1 Å². The van der Waals surface area contributed by atoms with Gasteiger partial charge in [-0.2, -0.15) is 0 Å². The number of nitrogens with two attached hydrogens (primary N) is 1. The summed E-state index contributed by atoms with van der Waals surface area (Å²) in [6.45, 7) is 0. The molecule has 166 valence electrons. The van der Waals surface area contributed by atoms with Gasteiger partial charge in [0.1, 0.15) is 5.84 Å². The molecule has 1 aliphatic rings. The number of nitrogen functional groups attached to an aromatic ring is 1. The maximum Gasteiger partial charge on any atom is 0.308 e. The van der Waals surface area contributed by atoms with Crippen LogP contribution < -0.4 is 11.1 Å². The molecular formula is C25H22N4O4. The number of carboxylic acid groups (broad SMARTS) is 1. The van der Waals surface area contributed by atoms with Crippen molar-refractivity contribution in [3.05, 3.63) is 90.0 Å². The topological polar surface area (TPSA) is 138 Å². The van der Waals surface area contributed by atoms with Crippen LogP contribution in [0.4, 0.5) is 5.69 Å². The minimum Gasteiger partial charge on any atom is -0.481 e. The van der Waals surface area contributed by atoms with Crippen molar-refractivity contribution >= 4 is 29.1 Å². The summed E-state index contributed by atoms with van der Waals surface area (Å²) >= 11 is 0. The third kappa shape index (κ3) is 4.74. The van der Waals surface area contributed by atoms with E-state index in [-0.39, 0.29) is 12.3 Å². The molecule has 1 aliphatic heterocycles. The van der Waals surface area contributed by atoms with Crippen LogP contribution in [-0.4, -0.2) is 34.1 Å². The number of hydrogen-bond donors (Lipinski definition) is 4. The molecule has 4 rings (SSSR count). The normalized spacial score (nSPS) is 17.0. The number of amides is 1. The van der Waals surface area contributed by atoms with Crippen LogP contribution in [0.5, 0.6) is 0 Å². The summed E-state index contributed by atoms with van der Waals surface area (Å²) in [7, 11) is 0. The molecule has 3 aromatic carbocycles. The van der Waals surface area contributed by atoms with E-state index in [0.717, 1.165) is 11.1 Å². The first-order chi connectivity index (χ1) is 15.9. The van der Waals surface area contributed by atoms with E-state index < -0.39 is 23.9 Å². The molecule has 0 fully saturated rings. The van der Waals surface area contributed by atoms with E-state index >= 15 is 0 Å². The summed E-state index contributed by atoms with van der Waals surface area (Å²) < 4.78 is 0. The van der Waals surface area contributed by atoms with Gasteiger partial charge < -0.3 is 21.0 Å². The molecule has 1 unspecified atom stereocenters. The molecule has 0 aliphatic carbocycles. The van der Waals surface area contributed by atoms with E-state index in [9.17, 15) is 14.7 Å². The highest BCUT2D eigenvalue weighted by atomic mass is 16.7. The lowest BCUT2D eigenvalue weighted by Crippen LogP contribution is -2.45. The van der Waals surface area contributed by atoms with Gasteiger partial charge in [0.25, 0.3) is 5.91 Å². The maximum absolute atomic E-state index is 13.2. The lowest BCUT2D eigenvalue weighted by molar-refractivity contribution is -0.152. The second-order valence-corrected chi connectivity index (χ2v) is 7.76. The van der Waals surface area contributed by atoms with Gasteiger partial charge in [-0.3, -0.25) is 15.0 Å². The van der Waals surface area contributed by atoms with E-state index in [4.69, 9.17) is 16.0 Å². The highest BCUT2D eigenvalue weighted by molar-refractivity contribution is 6.10. The van der Waals surface area contributed by atoms with Gasteiger partial charge in [-0.05, 0) is 29.3 Å². The number of oxime groups is 1. The summed E-state index contributed by atoms with van der Waals surface area (Å²) in [5, 5.41) is 23.8. The van der Waals surface area contributed by atoms with Gasteiger partial charge in [0, 0.05) is 23.2 Å². The molecular weight excluding hydrogens is 420 g/mol. The second-order valence-electron chi connectivity index (χ2n) is 7.76. The molecule has 0 bridgehead atoms. The van der Waals surface area contributed by atoms with Crippen LogP contribution in [0.2, 0.25) is 0 Å². The largest absolute Gasteiger partial charge is 0.481 e. The molecule has 0 aromatic heterocycles. The van der Waals surface area contributed by atoms with Crippen LogP contribution in [0.25, 0.3) is 11.1 Å². The number of benzene rings is 3. The Morgan fingerprint density at radius 3 is 2.33 bits per heavy atom. The van der Waals surface area contributed by atoms with E-state index in [2.05, 4.69) is 10.5 Å². The Morgan fingerprint density at radius 1 is 1.00 bits per heavy atom. The monoisotopic (exact) mass is 442 g/mol. The average Bonchev–Trinajstić information content (AvgIpc) is 3.25. The predicted molar refractivity (Wildman–Crippen MR) is 125 cm³/mol. The SMILES string of the molecule is N=C(N)c1cccc(C2=NOC(CC(=O)O)(C(=O)Nc3ccc(-c4ccccc4)cc3)C2)c1. The maximum atomic E-state index is 13.2. The van der Waals surface area contributed by atoms with Crippen molar-refractivity contribution in [1.82, 2.24) is 0 Å². The highest BCUT2D eigenvalue weighted by Gasteiger charge is 2.48.